The molecule has 0 amide bonds. The number of benzene rings is 3. The van der Waals surface area contributed by atoms with Crippen LogP contribution in [0.4, 0.5) is 13.2 Å². The smallest absolute Gasteiger partial charge is 0.340 e. The van der Waals surface area contributed by atoms with Crippen molar-refractivity contribution in [1.29, 1.82) is 0 Å². The highest BCUT2D eigenvalue weighted by atomic mass is 19.1. The van der Waals surface area contributed by atoms with Gasteiger partial charge >= 0.3 is 17.9 Å². The second kappa shape index (κ2) is 16.0. The van der Waals surface area contributed by atoms with E-state index in [0.717, 1.165) is 19.2 Å². The van der Waals surface area contributed by atoms with Crippen LogP contribution in [0.25, 0.3) is 0 Å². The lowest BCUT2D eigenvalue weighted by Crippen LogP contribution is -2.15. The molecule has 3 aromatic rings. The Balaban J connectivity index is 0.000000224. The zero-order valence-corrected chi connectivity index (χ0v) is 22.5. The molecule has 2 heterocycles. The fourth-order valence-electron chi connectivity index (χ4n) is 3.54. The van der Waals surface area contributed by atoms with Crippen LogP contribution in [0.2, 0.25) is 0 Å². The molecule has 43 heavy (non-hydrogen) atoms. The fourth-order valence-corrected chi connectivity index (χ4v) is 3.54. The average Bonchev–Trinajstić information content (AvgIpc) is 3.00. The molecule has 0 fully saturated rings. The number of rotatable bonds is 3. The quantitative estimate of drug-likeness (QED) is 0.320. The summed E-state index contributed by atoms with van der Waals surface area (Å²) in [6, 6.07) is 8.66. The van der Waals surface area contributed by atoms with E-state index in [1.165, 1.54) is 44.6 Å². The Morgan fingerprint density at radius 1 is 0.698 bits per heavy atom. The van der Waals surface area contributed by atoms with Gasteiger partial charge in [0.2, 0.25) is 0 Å². The standard InChI is InChI=1S/2C10H9FO4.C8H7FO3.CH4/c1-13-10(12)7-2-6-4-14-5-15-9(6)3-8(7)11;1-13-10(12)6-2-3-8-7(9(6)11)4-14-5-15-8;1-12-8(11)6-3-2-5(10)4-7(6)9;/h2*2-3H,4-5H2,1H3;2-4,10H,1H3;1H4. The highest BCUT2D eigenvalue weighted by Crippen LogP contribution is 2.29. The van der Waals surface area contributed by atoms with Crippen molar-refractivity contribution >= 4 is 17.9 Å². The maximum atomic E-state index is 13.7. The lowest BCUT2D eigenvalue weighted by molar-refractivity contribution is -0.0183. The van der Waals surface area contributed by atoms with Gasteiger partial charge in [0.25, 0.3) is 0 Å². The lowest BCUT2D eigenvalue weighted by Gasteiger charge is -2.18. The zero-order chi connectivity index (χ0) is 30.8. The Bertz CT molecular complexity index is 1440. The van der Waals surface area contributed by atoms with Gasteiger partial charge in [0.05, 0.1) is 56.8 Å². The highest BCUT2D eigenvalue weighted by Gasteiger charge is 2.22. The van der Waals surface area contributed by atoms with Crippen LogP contribution in [0.5, 0.6) is 17.2 Å². The third-order valence-corrected chi connectivity index (χ3v) is 5.62. The van der Waals surface area contributed by atoms with Gasteiger partial charge in [0.15, 0.2) is 13.6 Å². The van der Waals surface area contributed by atoms with Crippen molar-refractivity contribution in [3.63, 3.8) is 0 Å². The van der Waals surface area contributed by atoms with Crippen LogP contribution in [-0.4, -0.2) is 57.9 Å². The molecule has 2 aliphatic rings. The maximum absolute atomic E-state index is 13.7. The van der Waals surface area contributed by atoms with E-state index in [9.17, 15) is 27.6 Å². The third kappa shape index (κ3) is 8.59. The van der Waals surface area contributed by atoms with Gasteiger partial charge in [0, 0.05) is 17.7 Å². The fraction of sp³-hybridized carbons (Fsp3) is 0.276. The van der Waals surface area contributed by atoms with E-state index in [-0.39, 0.29) is 55.6 Å². The van der Waals surface area contributed by atoms with Crippen molar-refractivity contribution in [2.75, 3.05) is 34.9 Å². The van der Waals surface area contributed by atoms with Crippen LogP contribution in [-0.2, 0) is 36.9 Å². The minimum atomic E-state index is -0.790. The van der Waals surface area contributed by atoms with Crippen LogP contribution < -0.4 is 9.47 Å². The summed E-state index contributed by atoms with van der Waals surface area (Å²) in [6.07, 6.45) is 0. The monoisotopic (exact) mass is 610 g/mol. The number of hydrogen-bond donors (Lipinski definition) is 1. The van der Waals surface area contributed by atoms with Gasteiger partial charge in [-0.3, -0.25) is 0 Å². The molecule has 14 heteroatoms. The first-order valence-corrected chi connectivity index (χ1v) is 11.9. The normalized spacial score (nSPS) is 12.4. The van der Waals surface area contributed by atoms with E-state index in [4.69, 9.17) is 24.1 Å². The number of esters is 3. The molecule has 0 atom stereocenters. The van der Waals surface area contributed by atoms with Gasteiger partial charge in [0.1, 0.15) is 34.7 Å². The summed E-state index contributed by atoms with van der Waals surface area (Å²) >= 11 is 0. The first-order valence-electron chi connectivity index (χ1n) is 11.9. The number of hydrogen-bond acceptors (Lipinski definition) is 11. The zero-order valence-electron chi connectivity index (χ0n) is 22.5. The molecule has 0 aliphatic carbocycles. The molecule has 0 saturated carbocycles. The van der Waals surface area contributed by atoms with E-state index in [1.54, 1.807) is 0 Å². The number of fused-ring (bicyclic) bond motifs is 2. The van der Waals surface area contributed by atoms with Gasteiger partial charge < -0.3 is 38.3 Å². The van der Waals surface area contributed by atoms with Crippen molar-refractivity contribution in [1.82, 2.24) is 0 Å². The summed E-state index contributed by atoms with van der Waals surface area (Å²) in [5.74, 6) is -3.66. The Morgan fingerprint density at radius 2 is 1.23 bits per heavy atom. The Hall–Kier alpha value is -4.82. The molecule has 0 saturated heterocycles. The van der Waals surface area contributed by atoms with Gasteiger partial charge in [-0.2, -0.15) is 0 Å². The molecule has 0 radical (unpaired) electrons. The number of methoxy groups -OCH3 is 3. The molecule has 2 aliphatic heterocycles. The molecule has 0 spiro atoms. The Labute approximate surface area is 244 Å². The Kier molecular flexibility index (Phi) is 12.8. The van der Waals surface area contributed by atoms with Gasteiger partial charge in [-0.1, -0.05) is 7.43 Å². The van der Waals surface area contributed by atoms with E-state index < -0.39 is 35.4 Å². The molecule has 5 rings (SSSR count). The second-order valence-corrected chi connectivity index (χ2v) is 8.20. The predicted octanol–water partition coefficient (Wildman–Crippen LogP) is 4.91. The molecule has 1 N–H and O–H groups in total. The van der Waals surface area contributed by atoms with Crippen LogP contribution in [0.3, 0.4) is 0 Å². The largest absolute Gasteiger partial charge is 0.508 e. The number of carbonyl (C=O) groups is 3. The van der Waals surface area contributed by atoms with Crippen LogP contribution >= 0.6 is 0 Å². The number of aromatic hydroxyl groups is 1. The van der Waals surface area contributed by atoms with Crippen molar-refractivity contribution in [2.45, 2.75) is 20.6 Å². The summed E-state index contributed by atoms with van der Waals surface area (Å²) in [4.78, 5) is 33.2. The second-order valence-electron chi connectivity index (χ2n) is 8.20. The molecule has 0 bridgehead atoms. The van der Waals surface area contributed by atoms with Crippen LogP contribution in [0.1, 0.15) is 49.6 Å². The molecule has 232 valence electrons. The number of phenolic OH excluding ortho intramolecular Hbond substituents is 1. The summed E-state index contributed by atoms with van der Waals surface area (Å²) in [5.41, 5.74) is 0.498. The molecule has 0 unspecified atom stereocenters. The van der Waals surface area contributed by atoms with Crippen molar-refractivity contribution in [3.05, 3.63) is 87.7 Å². The van der Waals surface area contributed by atoms with Gasteiger partial charge in [-0.05, 0) is 30.3 Å². The lowest BCUT2D eigenvalue weighted by atomic mass is 10.1. The van der Waals surface area contributed by atoms with Crippen LogP contribution in [0, 0.1) is 17.5 Å². The minimum Gasteiger partial charge on any atom is -0.508 e. The molecular formula is C29H29F3O11. The summed E-state index contributed by atoms with van der Waals surface area (Å²) in [7, 11) is 3.57. The Morgan fingerprint density at radius 3 is 1.86 bits per heavy atom. The van der Waals surface area contributed by atoms with E-state index in [1.807, 2.05) is 0 Å². The molecule has 0 aromatic heterocycles. The van der Waals surface area contributed by atoms with Crippen molar-refractivity contribution < 1.29 is 65.8 Å². The average molecular weight is 611 g/mol. The number of ether oxygens (including phenoxy) is 7. The first kappa shape index (κ1) is 34.4. The number of halogens is 3. The van der Waals surface area contributed by atoms with Crippen molar-refractivity contribution in [3.8, 4) is 17.2 Å². The van der Waals surface area contributed by atoms with E-state index in [0.29, 0.717) is 23.7 Å². The van der Waals surface area contributed by atoms with Crippen molar-refractivity contribution in [2.24, 2.45) is 0 Å². The highest BCUT2D eigenvalue weighted by molar-refractivity contribution is 5.91. The molecule has 3 aromatic carbocycles. The third-order valence-electron chi connectivity index (χ3n) is 5.62. The first-order chi connectivity index (χ1) is 20.1. The predicted molar refractivity (Wildman–Crippen MR) is 142 cm³/mol. The van der Waals surface area contributed by atoms with Gasteiger partial charge in [-0.25, -0.2) is 27.6 Å². The summed E-state index contributed by atoms with van der Waals surface area (Å²) < 4.78 is 73.2. The molecular weight excluding hydrogens is 581 g/mol. The summed E-state index contributed by atoms with van der Waals surface area (Å²) in [6.45, 7) is 0.611. The van der Waals surface area contributed by atoms with E-state index in [2.05, 4.69) is 14.2 Å². The topological polar surface area (TPSA) is 136 Å². The molecule has 11 nitrogen and oxygen atoms in total. The maximum Gasteiger partial charge on any atom is 0.340 e. The number of phenols is 1. The van der Waals surface area contributed by atoms with Crippen LogP contribution in [0.15, 0.2) is 42.5 Å². The SMILES string of the molecule is C.COC(=O)c1cc2c(cc1F)OCOC2.COC(=O)c1ccc(O)cc1F.COC(=O)c1ccc2c(c1F)COCO2. The number of carbonyl (C=O) groups excluding carboxylic acids is 3. The minimum absolute atomic E-state index is 0. The summed E-state index contributed by atoms with van der Waals surface area (Å²) in [5, 5.41) is 8.80. The van der Waals surface area contributed by atoms with Gasteiger partial charge in [-0.15, -0.1) is 0 Å². The van der Waals surface area contributed by atoms with E-state index >= 15 is 0 Å².